The van der Waals surface area contributed by atoms with Crippen LogP contribution in [0.15, 0.2) is 47.8 Å². The number of hydrogen-bond acceptors (Lipinski definition) is 5. The van der Waals surface area contributed by atoms with Crippen LogP contribution in [-0.4, -0.2) is 41.4 Å². The van der Waals surface area contributed by atoms with Gasteiger partial charge in [-0.15, -0.1) is 11.3 Å². The van der Waals surface area contributed by atoms with Crippen LogP contribution in [0.25, 0.3) is 0 Å². The Morgan fingerprint density at radius 1 is 1.19 bits per heavy atom. The molecular weight excluding hydrogens is 352 g/mol. The first-order valence-electron chi connectivity index (χ1n) is 8.47. The van der Waals surface area contributed by atoms with Crippen molar-refractivity contribution in [2.75, 3.05) is 11.9 Å². The molecule has 0 saturated carbocycles. The number of carbonyl (C=O) groups excluding carboxylic acids is 3. The zero-order valence-electron chi connectivity index (χ0n) is 14.4. The lowest BCUT2D eigenvalue weighted by Crippen LogP contribution is -2.43. The van der Waals surface area contributed by atoms with Crippen molar-refractivity contribution in [1.29, 1.82) is 0 Å². The lowest BCUT2D eigenvalue weighted by Gasteiger charge is -2.24. The van der Waals surface area contributed by atoms with Crippen LogP contribution in [0.2, 0.25) is 0 Å². The number of nitrogens with zero attached hydrogens (tertiary/aromatic N) is 1. The molecule has 1 aliphatic rings. The van der Waals surface area contributed by atoms with Gasteiger partial charge in [0.25, 0.3) is 11.8 Å². The summed E-state index contributed by atoms with van der Waals surface area (Å²) < 4.78 is 5.32. The molecule has 1 aromatic heterocycles. The molecule has 7 heteroatoms. The van der Waals surface area contributed by atoms with Crippen LogP contribution in [0, 0.1) is 0 Å². The normalized spacial score (nSPS) is 17.6. The first-order valence-corrected chi connectivity index (χ1v) is 9.35. The quantitative estimate of drug-likeness (QED) is 0.819. The molecule has 1 fully saturated rings. The van der Waals surface area contributed by atoms with E-state index in [0.29, 0.717) is 23.5 Å². The van der Waals surface area contributed by atoms with Gasteiger partial charge >= 0.3 is 5.97 Å². The van der Waals surface area contributed by atoms with Crippen molar-refractivity contribution in [3.8, 4) is 0 Å². The Kier molecular flexibility index (Phi) is 5.68. The van der Waals surface area contributed by atoms with Crippen LogP contribution < -0.4 is 5.32 Å². The minimum Gasteiger partial charge on any atom is -0.451 e. The molecule has 0 radical (unpaired) electrons. The van der Waals surface area contributed by atoms with Crippen molar-refractivity contribution < 1.29 is 19.1 Å². The highest BCUT2D eigenvalue weighted by atomic mass is 32.1. The number of anilines is 1. The third kappa shape index (κ3) is 4.11. The molecule has 136 valence electrons. The lowest BCUT2D eigenvalue weighted by molar-refractivity contribution is -0.156. The molecule has 1 aromatic carbocycles. The van der Waals surface area contributed by atoms with E-state index in [1.165, 1.54) is 23.2 Å². The Morgan fingerprint density at radius 3 is 2.65 bits per heavy atom. The van der Waals surface area contributed by atoms with Crippen molar-refractivity contribution in [3.63, 3.8) is 0 Å². The molecule has 26 heavy (non-hydrogen) atoms. The van der Waals surface area contributed by atoms with Gasteiger partial charge in [0.05, 0.1) is 4.88 Å². The average molecular weight is 372 g/mol. The van der Waals surface area contributed by atoms with E-state index in [4.69, 9.17) is 4.74 Å². The van der Waals surface area contributed by atoms with E-state index in [1.807, 2.05) is 11.4 Å². The van der Waals surface area contributed by atoms with E-state index in [0.717, 1.165) is 6.42 Å². The van der Waals surface area contributed by atoms with Crippen LogP contribution in [0.3, 0.4) is 0 Å². The minimum absolute atomic E-state index is 0.166. The molecule has 0 unspecified atom stereocenters. The van der Waals surface area contributed by atoms with Gasteiger partial charge in [0.15, 0.2) is 6.10 Å². The number of rotatable bonds is 5. The summed E-state index contributed by atoms with van der Waals surface area (Å²) in [6.45, 7) is 2.04. The summed E-state index contributed by atoms with van der Waals surface area (Å²) in [7, 11) is 0. The number of esters is 1. The van der Waals surface area contributed by atoms with Gasteiger partial charge in [-0.2, -0.15) is 0 Å². The van der Waals surface area contributed by atoms with Crippen molar-refractivity contribution >= 4 is 34.8 Å². The first-order chi connectivity index (χ1) is 12.6. The van der Waals surface area contributed by atoms with Crippen LogP contribution in [-0.2, 0) is 14.3 Å². The van der Waals surface area contributed by atoms with Gasteiger partial charge in [-0.25, -0.2) is 4.79 Å². The summed E-state index contributed by atoms with van der Waals surface area (Å²) in [5.41, 5.74) is 0.635. The van der Waals surface area contributed by atoms with Gasteiger partial charge < -0.3 is 15.0 Å². The lowest BCUT2D eigenvalue weighted by atomic mass is 10.2. The summed E-state index contributed by atoms with van der Waals surface area (Å²) >= 11 is 1.34. The molecule has 6 nitrogen and oxygen atoms in total. The number of likely N-dealkylation sites (tertiary alicyclic amines) is 1. The Morgan fingerprint density at radius 2 is 1.96 bits per heavy atom. The smallest absolute Gasteiger partial charge is 0.329 e. The average Bonchev–Trinajstić information content (AvgIpc) is 3.33. The van der Waals surface area contributed by atoms with E-state index >= 15 is 0 Å². The van der Waals surface area contributed by atoms with E-state index < -0.39 is 24.0 Å². The van der Waals surface area contributed by atoms with Gasteiger partial charge in [0.1, 0.15) is 6.04 Å². The SMILES string of the molecule is C[C@@H](OC(=O)[C@@H]1CCCN1C(=O)c1cccs1)C(=O)Nc1ccccc1. The molecule has 2 aromatic rings. The number of thiophene rings is 1. The first kappa shape index (κ1) is 18.1. The number of carbonyl (C=O) groups is 3. The third-order valence-electron chi connectivity index (χ3n) is 4.22. The molecule has 2 heterocycles. The maximum Gasteiger partial charge on any atom is 0.329 e. The Balaban J connectivity index is 1.59. The van der Waals surface area contributed by atoms with Crippen molar-refractivity contribution in [1.82, 2.24) is 4.90 Å². The zero-order valence-corrected chi connectivity index (χ0v) is 15.2. The number of nitrogens with one attached hydrogen (secondary N) is 1. The van der Waals surface area contributed by atoms with Crippen LogP contribution in [0.1, 0.15) is 29.4 Å². The molecule has 3 rings (SSSR count). The van der Waals surface area contributed by atoms with Crippen molar-refractivity contribution in [2.45, 2.75) is 31.9 Å². The fraction of sp³-hybridized carbons (Fsp3) is 0.316. The summed E-state index contributed by atoms with van der Waals surface area (Å²) in [6.07, 6.45) is 0.340. The molecular formula is C19H20N2O4S. The Labute approximate surface area is 155 Å². The van der Waals surface area contributed by atoms with E-state index in [2.05, 4.69) is 5.32 Å². The number of hydrogen-bond donors (Lipinski definition) is 1. The Hall–Kier alpha value is -2.67. The molecule has 2 amide bonds. The van der Waals surface area contributed by atoms with Gasteiger partial charge in [-0.05, 0) is 43.3 Å². The molecule has 1 N–H and O–H groups in total. The minimum atomic E-state index is -0.943. The van der Waals surface area contributed by atoms with E-state index in [-0.39, 0.29) is 5.91 Å². The number of para-hydroxylation sites is 1. The molecule has 0 aliphatic carbocycles. The summed E-state index contributed by atoms with van der Waals surface area (Å²) in [5, 5.41) is 4.52. The number of amides is 2. The molecule has 2 atom stereocenters. The van der Waals surface area contributed by atoms with Crippen LogP contribution >= 0.6 is 11.3 Å². The fourth-order valence-corrected chi connectivity index (χ4v) is 3.55. The number of benzene rings is 1. The highest BCUT2D eigenvalue weighted by Crippen LogP contribution is 2.23. The second-order valence-corrected chi connectivity index (χ2v) is 7.02. The van der Waals surface area contributed by atoms with Crippen molar-refractivity contribution in [3.05, 3.63) is 52.7 Å². The highest BCUT2D eigenvalue weighted by Gasteiger charge is 2.37. The molecule has 1 aliphatic heterocycles. The predicted molar refractivity (Wildman–Crippen MR) is 99.0 cm³/mol. The summed E-state index contributed by atoms with van der Waals surface area (Å²) in [6, 6.07) is 11.9. The topological polar surface area (TPSA) is 75.7 Å². The second-order valence-electron chi connectivity index (χ2n) is 6.07. The molecule has 0 spiro atoms. The van der Waals surface area contributed by atoms with Gasteiger partial charge in [-0.3, -0.25) is 9.59 Å². The van der Waals surface area contributed by atoms with Crippen LogP contribution in [0.4, 0.5) is 5.69 Å². The maximum absolute atomic E-state index is 12.5. The summed E-state index contributed by atoms with van der Waals surface area (Å²) in [5.74, 6) is -1.11. The predicted octanol–water partition coefficient (Wildman–Crippen LogP) is 2.92. The maximum atomic E-state index is 12.5. The molecule has 1 saturated heterocycles. The van der Waals surface area contributed by atoms with Gasteiger partial charge in [-0.1, -0.05) is 24.3 Å². The Bertz CT molecular complexity index is 776. The third-order valence-corrected chi connectivity index (χ3v) is 5.08. The second kappa shape index (κ2) is 8.14. The largest absolute Gasteiger partial charge is 0.451 e. The van der Waals surface area contributed by atoms with Gasteiger partial charge in [0.2, 0.25) is 0 Å². The summed E-state index contributed by atoms with van der Waals surface area (Å²) in [4.78, 5) is 39.4. The van der Waals surface area contributed by atoms with E-state index in [9.17, 15) is 14.4 Å². The fourth-order valence-electron chi connectivity index (χ4n) is 2.87. The molecule has 0 bridgehead atoms. The highest BCUT2D eigenvalue weighted by molar-refractivity contribution is 7.12. The standard InChI is InChI=1S/C19H20N2O4S/c1-13(17(22)20-14-7-3-2-4-8-14)25-19(24)15-9-5-11-21(15)18(23)16-10-6-12-26-16/h2-4,6-8,10,12-13,15H,5,9,11H2,1H3,(H,20,22)/t13-,15+/m1/s1. The van der Waals surface area contributed by atoms with Crippen LogP contribution in [0.5, 0.6) is 0 Å². The zero-order chi connectivity index (χ0) is 18.5. The monoisotopic (exact) mass is 372 g/mol. The van der Waals surface area contributed by atoms with E-state index in [1.54, 1.807) is 36.4 Å². The van der Waals surface area contributed by atoms with Crippen molar-refractivity contribution in [2.24, 2.45) is 0 Å². The number of ether oxygens (including phenoxy) is 1. The van der Waals surface area contributed by atoms with Gasteiger partial charge in [0, 0.05) is 12.2 Å².